The minimum absolute atomic E-state index is 0.211. The lowest BCUT2D eigenvalue weighted by molar-refractivity contribution is -0.141. The van der Waals surface area contributed by atoms with Crippen LogP contribution in [-0.2, 0) is 16.6 Å². The highest BCUT2D eigenvalue weighted by Crippen LogP contribution is 2.30. The summed E-state index contributed by atoms with van der Waals surface area (Å²) in [5.41, 5.74) is 2.38. The Morgan fingerprint density at radius 3 is 2.39 bits per heavy atom. The molecule has 0 saturated carbocycles. The number of hydrogen-bond donors (Lipinski definition) is 1. The van der Waals surface area contributed by atoms with E-state index in [0.29, 0.717) is 16.9 Å². The molecule has 0 aliphatic rings. The normalized spacial score (nSPS) is 12.7. The van der Waals surface area contributed by atoms with E-state index in [9.17, 15) is 10.1 Å². The van der Waals surface area contributed by atoms with Gasteiger partial charge in [0.05, 0.1) is 24.2 Å². The highest BCUT2D eigenvalue weighted by Gasteiger charge is 2.29. The number of para-hydroxylation sites is 2. The molecule has 0 saturated heterocycles. The maximum absolute atomic E-state index is 12.3. The Morgan fingerprint density at radius 2 is 1.77 bits per heavy atom. The van der Waals surface area contributed by atoms with Crippen molar-refractivity contribution in [2.75, 3.05) is 12.4 Å². The molecular formula is C23H20N6O2. The van der Waals surface area contributed by atoms with Gasteiger partial charge >= 0.3 is 5.97 Å². The number of aromatic nitrogens is 4. The first-order valence-electron chi connectivity index (χ1n) is 9.65. The average Bonchev–Trinajstić information content (AvgIpc) is 3.23. The maximum atomic E-state index is 12.3. The van der Waals surface area contributed by atoms with Crippen molar-refractivity contribution in [1.29, 1.82) is 5.26 Å². The van der Waals surface area contributed by atoms with Gasteiger partial charge in [-0.05, 0) is 17.7 Å². The van der Waals surface area contributed by atoms with Crippen LogP contribution in [0, 0.1) is 11.3 Å². The first-order valence-corrected chi connectivity index (χ1v) is 9.65. The summed E-state index contributed by atoms with van der Waals surface area (Å²) in [5, 5.41) is 13.1. The van der Waals surface area contributed by atoms with Crippen molar-refractivity contribution in [2.45, 2.75) is 12.0 Å². The number of aryl methyl sites for hydroxylation is 1. The van der Waals surface area contributed by atoms with Gasteiger partial charge in [-0.15, -0.1) is 0 Å². The lowest BCUT2D eigenvalue weighted by Gasteiger charge is -2.22. The zero-order valence-corrected chi connectivity index (χ0v) is 17.1. The Labute approximate surface area is 179 Å². The van der Waals surface area contributed by atoms with Crippen molar-refractivity contribution in [3.8, 4) is 6.07 Å². The lowest BCUT2D eigenvalue weighted by atomic mass is 10.0. The number of methoxy groups -OCH3 is 1. The van der Waals surface area contributed by atoms with Gasteiger partial charge < -0.3 is 14.6 Å². The monoisotopic (exact) mass is 412 g/mol. The number of carbonyl (C=O) groups excluding carboxylic acids is 1. The highest BCUT2D eigenvalue weighted by molar-refractivity contribution is 5.85. The van der Waals surface area contributed by atoms with Gasteiger partial charge in [-0.25, -0.2) is 15.0 Å². The Morgan fingerprint density at radius 1 is 1.10 bits per heavy atom. The highest BCUT2D eigenvalue weighted by atomic mass is 16.5. The Bertz CT molecular complexity index is 1260. The van der Waals surface area contributed by atoms with Gasteiger partial charge in [-0.3, -0.25) is 4.79 Å². The van der Waals surface area contributed by atoms with Gasteiger partial charge in [-0.2, -0.15) is 5.26 Å². The van der Waals surface area contributed by atoms with E-state index < -0.39 is 11.9 Å². The number of fused-ring (bicyclic) bond motifs is 1. The SMILES string of the molecule is COC(=O)[C@H](C#N)c1nc2ccccc2nc1N[C@@H](c1ccccc1)c1nccn1C. The molecule has 8 heteroatoms. The quantitative estimate of drug-likeness (QED) is 0.484. The molecule has 4 aromatic rings. The Kier molecular flexibility index (Phi) is 5.58. The number of nitrogens with zero attached hydrogens (tertiary/aromatic N) is 5. The second kappa shape index (κ2) is 8.63. The summed E-state index contributed by atoms with van der Waals surface area (Å²) >= 11 is 0. The van der Waals surface area contributed by atoms with Crippen molar-refractivity contribution in [2.24, 2.45) is 7.05 Å². The number of imidazole rings is 1. The average molecular weight is 412 g/mol. The van der Waals surface area contributed by atoms with Crippen LogP contribution in [-0.4, -0.2) is 32.6 Å². The molecule has 0 spiro atoms. The summed E-state index contributed by atoms with van der Waals surface area (Å²) in [6, 6.07) is 18.7. The van der Waals surface area contributed by atoms with Gasteiger partial charge in [0.15, 0.2) is 11.7 Å². The fraction of sp³-hybridized carbons (Fsp3) is 0.174. The number of rotatable bonds is 6. The minimum atomic E-state index is -1.22. The third-order valence-electron chi connectivity index (χ3n) is 4.97. The predicted octanol–water partition coefficient (Wildman–Crippen LogP) is 3.34. The Balaban J connectivity index is 1.88. The Hall–Kier alpha value is -4.25. The van der Waals surface area contributed by atoms with Crippen molar-refractivity contribution in [1.82, 2.24) is 19.5 Å². The third kappa shape index (κ3) is 3.94. The zero-order valence-electron chi connectivity index (χ0n) is 17.1. The summed E-state index contributed by atoms with van der Waals surface area (Å²) in [6.07, 6.45) is 3.57. The van der Waals surface area contributed by atoms with Crippen LogP contribution < -0.4 is 5.32 Å². The van der Waals surface area contributed by atoms with E-state index in [4.69, 9.17) is 9.72 Å². The summed E-state index contributed by atoms with van der Waals surface area (Å²) in [5.74, 6) is -0.836. The van der Waals surface area contributed by atoms with Crippen LogP contribution in [0.15, 0.2) is 67.0 Å². The molecule has 2 atom stereocenters. The largest absolute Gasteiger partial charge is 0.468 e. The van der Waals surface area contributed by atoms with Crippen molar-refractivity contribution < 1.29 is 9.53 Å². The number of carbonyl (C=O) groups is 1. The van der Waals surface area contributed by atoms with Crippen LogP contribution in [0.4, 0.5) is 5.82 Å². The molecule has 1 N–H and O–H groups in total. The van der Waals surface area contributed by atoms with E-state index >= 15 is 0 Å². The molecule has 2 heterocycles. The standard InChI is InChI=1S/C23H20N6O2/c1-29-13-12-25-22(29)19(15-8-4-3-5-9-15)28-21-20(16(14-24)23(30)31-2)26-17-10-6-7-11-18(17)27-21/h3-13,16,19H,1-2H3,(H,27,28)/t16-,19+/m1/s1. The molecule has 0 bridgehead atoms. The molecule has 0 aliphatic heterocycles. The topological polar surface area (TPSA) is 106 Å². The molecule has 0 aliphatic carbocycles. The van der Waals surface area contributed by atoms with Crippen LogP contribution >= 0.6 is 0 Å². The number of esters is 1. The van der Waals surface area contributed by atoms with E-state index in [1.54, 1.807) is 12.3 Å². The van der Waals surface area contributed by atoms with E-state index in [0.717, 1.165) is 11.4 Å². The van der Waals surface area contributed by atoms with Gasteiger partial charge in [0.2, 0.25) is 0 Å². The molecule has 8 nitrogen and oxygen atoms in total. The number of nitrogens with one attached hydrogen (secondary N) is 1. The molecular weight excluding hydrogens is 392 g/mol. The van der Waals surface area contributed by atoms with Crippen LogP contribution in [0.3, 0.4) is 0 Å². The third-order valence-corrected chi connectivity index (χ3v) is 4.97. The smallest absolute Gasteiger partial charge is 0.329 e. The summed E-state index contributed by atoms with van der Waals surface area (Å²) < 4.78 is 6.74. The number of benzene rings is 2. The van der Waals surface area contributed by atoms with E-state index in [2.05, 4.69) is 15.3 Å². The molecule has 0 fully saturated rings. The van der Waals surface area contributed by atoms with Crippen LogP contribution in [0.2, 0.25) is 0 Å². The first kappa shape index (κ1) is 20.0. The second-order valence-corrected chi connectivity index (χ2v) is 6.92. The molecule has 154 valence electrons. The van der Waals surface area contributed by atoms with Crippen LogP contribution in [0.1, 0.15) is 29.0 Å². The van der Waals surface area contributed by atoms with E-state index in [-0.39, 0.29) is 11.7 Å². The summed E-state index contributed by atoms with van der Waals surface area (Å²) in [7, 11) is 3.15. The maximum Gasteiger partial charge on any atom is 0.329 e. The molecule has 0 amide bonds. The molecule has 0 radical (unpaired) electrons. The zero-order chi connectivity index (χ0) is 21.8. The number of nitriles is 1. The van der Waals surface area contributed by atoms with Crippen molar-refractivity contribution in [3.05, 3.63) is 84.1 Å². The number of anilines is 1. The van der Waals surface area contributed by atoms with E-state index in [1.807, 2.05) is 72.4 Å². The molecule has 0 unspecified atom stereocenters. The second-order valence-electron chi connectivity index (χ2n) is 6.92. The van der Waals surface area contributed by atoms with Crippen LogP contribution in [0.5, 0.6) is 0 Å². The fourth-order valence-corrected chi connectivity index (χ4v) is 3.40. The van der Waals surface area contributed by atoms with E-state index in [1.165, 1.54) is 7.11 Å². The number of hydrogen-bond acceptors (Lipinski definition) is 7. The van der Waals surface area contributed by atoms with Crippen molar-refractivity contribution in [3.63, 3.8) is 0 Å². The minimum Gasteiger partial charge on any atom is -0.468 e. The van der Waals surface area contributed by atoms with Crippen molar-refractivity contribution >= 4 is 22.8 Å². The fourth-order valence-electron chi connectivity index (χ4n) is 3.40. The lowest BCUT2D eigenvalue weighted by Crippen LogP contribution is -2.22. The molecule has 4 rings (SSSR count). The van der Waals surface area contributed by atoms with Gasteiger partial charge in [-0.1, -0.05) is 42.5 Å². The summed E-state index contributed by atoms with van der Waals surface area (Å²) in [6.45, 7) is 0. The molecule has 31 heavy (non-hydrogen) atoms. The molecule has 2 aromatic carbocycles. The predicted molar refractivity (Wildman–Crippen MR) is 115 cm³/mol. The molecule has 2 aromatic heterocycles. The first-order chi connectivity index (χ1) is 15.1. The number of ether oxygens (including phenoxy) is 1. The van der Waals surface area contributed by atoms with Crippen LogP contribution in [0.25, 0.3) is 11.0 Å². The van der Waals surface area contributed by atoms with Gasteiger partial charge in [0, 0.05) is 19.4 Å². The summed E-state index contributed by atoms with van der Waals surface area (Å²) in [4.78, 5) is 26.1. The van der Waals surface area contributed by atoms with Gasteiger partial charge in [0.25, 0.3) is 0 Å². The van der Waals surface area contributed by atoms with Gasteiger partial charge in [0.1, 0.15) is 17.6 Å².